The highest BCUT2D eigenvalue weighted by Gasteiger charge is 2.36. The highest BCUT2D eigenvalue weighted by molar-refractivity contribution is 6.31. The largest absolute Gasteiger partial charge is 0.373 e. The van der Waals surface area contributed by atoms with Crippen molar-refractivity contribution in [2.24, 2.45) is 5.84 Å². The standard InChI is InChI=1S/C14H19ClFN3O/c15-12-4-3-9(16)6-11(12)14(18-17)13-7-19-5-1-2-10(19)8-20-13/h3-4,6,10,13-14,18H,1-2,5,7-8,17H2. The summed E-state index contributed by atoms with van der Waals surface area (Å²) < 4.78 is 19.4. The summed E-state index contributed by atoms with van der Waals surface area (Å²) in [6.07, 6.45) is 2.28. The minimum absolute atomic E-state index is 0.117. The van der Waals surface area contributed by atoms with E-state index in [1.807, 2.05) is 0 Å². The summed E-state index contributed by atoms with van der Waals surface area (Å²) in [6.45, 7) is 2.60. The molecule has 0 amide bonds. The molecule has 2 saturated heterocycles. The average molecular weight is 300 g/mol. The third-order valence-electron chi connectivity index (χ3n) is 4.26. The Hall–Kier alpha value is -0.720. The van der Waals surface area contributed by atoms with Crippen molar-refractivity contribution in [3.63, 3.8) is 0 Å². The van der Waals surface area contributed by atoms with Crippen LogP contribution in [-0.2, 0) is 4.74 Å². The van der Waals surface area contributed by atoms with Gasteiger partial charge in [-0.05, 0) is 43.1 Å². The molecule has 0 radical (unpaired) electrons. The van der Waals surface area contributed by atoms with Crippen LogP contribution in [0.25, 0.3) is 0 Å². The molecule has 110 valence electrons. The van der Waals surface area contributed by atoms with Gasteiger partial charge >= 0.3 is 0 Å². The van der Waals surface area contributed by atoms with Crippen molar-refractivity contribution in [3.8, 4) is 0 Å². The topological polar surface area (TPSA) is 50.5 Å². The molecule has 20 heavy (non-hydrogen) atoms. The quantitative estimate of drug-likeness (QED) is 0.661. The average Bonchev–Trinajstić information content (AvgIpc) is 2.91. The molecule has 3 unspecified atom stereocenters. The molecule has 3 atom stereocenters. The Kier molecular flexibility index (Phi) is 4.23. The zero-order chi connectivity index (χ0) is 14.1. The van der Waals surface area contributed by atoms with Crippen molar-refractivity contribution in [2.45, 2.75) is 31.0 Å². The molecule has 3 N–H and O–H groups in total. The van der Waals surface area contributed by atoms with Gasteiger partial charge in [0.1, 0.15) is 5.82 Å². The maximum absolute atomic E-state index is 13.4. The first kappa shape index (κ1) is 14.2. The summed E-state index contributed by atoms with van der Waals surface area (Å²) in [6, 6.07) is 4.54. The smallest absolute Gasteiger partial charge is 0.123 e. The Bertz CT molecular complexity index is 487. The van der Waals surface area contributed by atoms with Gasteiger partial charge in [0.05, 0.1) is 18.8 Å². The molecule has 0 aliphatic carbocycles. The Morgan fingerprint density at radius 3 is 3.15 bits per heavy atom. The van der Waals surface area contributed by atoms with Gasteiger partial charge < -0.3 is 4.74 Å². The number of hydrogen-bond acceptors (Lipinski definition) is 4. The Morgan fingerprint density at radius 1 is 1.50 bits per heavy atom. The second-order valence-corrected chi connectivity index (χ2v) is 5.88. The lowest BCUT2D eigenvalue weighted by Gasteiger charge is -2.39. The molecule has 1 aromatic carbocycles. The van der Waals surface area contributed by atoms with Crippen LogP contribution in [0.15, 0.2) is 18.2 Å². The summed E-state index contributed by atoms with van der Waals surface area (Å²) >= 11 is 6.17. The second-order valence-electron chi connectivity index (χ2n) is 5.47. The van der Waals surface area contributed by atoms with Crippen molar-refractivity contribution < 1.29 is 9.13 Å². The van der Waals surface area contributed by atoms with E-state index >= 15 is 0 Å². The van der Waals surface area contributed by atoms with E-state index in [0.29, 0.717) is 23.2 Å². The normalized spacial score (nSPS) is 28.4. The van der Waals surface area contributed by atoms with Gasteiger partial charge in [0, 0.05) is 17.6 Å². The first-order valence-corrected chi connectivity index (χ1v) is 7.33. The highest BCUT2D eigenvalue weighted by Crippen LogP contribution is 2.31. The van der Waals surface area contributed by atoms with Gasteiger partial charge in [0.25, 0.3) is 0 Å². The van der Waals surface area contributed by atoms with Crippen LogP contribution in [0.2, 0.25) is 5.02 Å². The van der Waals surface area contributed by atoms with Gasteiger partial charge in [0.15, 0.2) is 0 Å². The number of halogens is 2. The van der Waals surface area contributed by atoms with E-state index in [4.69, 9.17) is 22.2 Å². The summed E-state index contributed by atoms with van der Waals surface area (Å²) in [5, 5.41) is 0.501. The maximum Gasteiger partial charge on any atom is 0.123 e. The number of rotatable bonds is 3. The molecule has 0 aromatic heterocycles. The number of morpholine rings is 1. The molecule has 0 saturated carbocycles. The molecule has 1 aromatic rings. The minimum atomic E-state index is -0.320. The number of nitrogens with two attached hydrogens (primary N) is 1. The molecule has 0 bridgehead atoms. The van der Waals surface area contributed by atoms with Crippen LogP contribution >= 0.6 is 11.6 Å². The zero-order valence-electron chi connectivity index (χ0n) is 11.2. The first-order chi connectivity index (χ1) is 9.69. The van der Waals surface area contributed by atoms with Gasteiger partial charge in [0.2, 0.25) is 0 Å². The lowest BCUT2D eigenvalue weighted by atomic mass is 9.99. The number of nitrogens with one attached hydrogen (secondary N) is 1. The first-order valence-electron chi connectivity index (χ1n) is 6.96. The molecular formula is C14H19ClFN3O. The number of benzene rings is 1. The third kappa shape index (κ3) is 2.69. The van der Waals surface area contributed by atoms with E-state index in [0.717, 1.165) is 13.1 Å². The monoisotopic (exact) mass is 299 g/mol. The fourth-order valence-electron chi connectivity index (χ4n) is 3.19. The van der Waals surface area contributed by atoms with Crippen LogP contribution in [0, 0.1) is 5.82 Å². The van der Waals surface area contributed by atoms with Gasteiger partial charge in [-0.2, -0.15) is 0 Å². The fraction of sp³-hybridized carbons (Fsp3) is 0.571. The predicted octanol–water partition coefficient (Wildman–Crippen LogP) is 1.85. The lowest BCUT2D eigenvalue weighted by Crippen LogP contribution is -2.51. The molecule has 2 fully saturated rings. The minimum Gasteiger partial charge on any atom is -0.373 e. The highest BCUT2D eigenvalue weighted by atomic mass is 35.5. The summed E-state index contributed by atoms with van der Waals surface area (Å²) in [7, 11) is 0. The SMILES string of the molecule is NNC(c1cc(F)ccc1Cl)C1CN2CCCC2CO1. The number of fused-ring (bicyclic) bond motifs is 1. The van der Waals surface area contributed by atoms with E-state index in [-0.39, 0.29) is 18.0 Å². The second kappa shape index (κ2) is 5.95. The molecule has 2 aliphatic heterocycles. The number of hydrogen-bond donors (Lipinski definition) is 2. The predicted molar refractivity (Wildman–Crippen MR) is 75.8 cm³/mol. The summed E-state index contributed by atoms with van der Waals surface area (Å²) in [5.41, 5.74) is 3.38. The van der Waals surface area contributed by atoms with Crippen LogP contribution in [0.3, 0.4) is 0 Å². The van der Waals surface area contributed by atoms with Crippen LogP contribution < -0.4 is 11.3 Å². The number of ether oxygens (including phenoxy) is 1. The van der Waals surface area contributed by atoms with Gasteiger partial charge in [-0.25, -0.2) is 4.39 Å². The van der Waals surface area contributed by atoms with Gasteiger partial charge in [-0.3, -0.25) is 16.2 Å². The molecule has 2 heterocycles. The Labute approximate surface area is 123 Å². The van der Waals surface area contributed by atoms with Crippen molar-refractivity contribution in [1.29, 1.82) is 0 Å². The fourth-order valence-corrected chi connectivity index (χ4v) is 3.43. The van der Waals surface area contributed by atoms with Crippen LogP contribution in [-0.4, -0.2) is 36.7 Å². The number of nitrogens with zero attached hydrogens (tertiary/aromatic N) is 1. The van der Waals surface area contributed by atoms with Crippen LogP contribution in [0.5, 0.6) is 0 Å². The van der Waals surface area contributed by atoms with Gasteiger partial charge in [-0.1, -0.05) is 11.6 Å². The summed E-state index contributed by atoms with van der Waals surface area (Å²) in [5.74, 6) is 5.34. The van der Waals surface area contributed by atoms with Crippen molar-refractivity contribution in [1.82, 2.24) is 10.3 Å². The number of hydrazine groups is 1. The van der Waals surface area contributed by atoms with E-state index in [1.165, 1.54) is 25.0 Å². The van der Waals surface area contributed by atoms with Crippen molar-refractivity contribution in [3.05, 3.63) is 34.6 Å². The van der Waals surface area contributed by atoms with E-state index < -0.39 is 0 Å². The zero-order valence-corrected chi connectivity index (χ0v) is 11.9. The van der Waals surface area contributed by atoms with Crippen molar-refractivity contribution >= 4 is 11.6 Å². The maximum atomic E-state index is 13.4. The van der Waals surface area contributed by atoms with Gasteiger partial charge in [-0.15, -0.1) is 0 Å². The molecule has 4 nitrogen and oxygen atoms in total. The van der Waals surface area contributed by atoms with Crippen LogP contribution in [0.4, 0.5) is 4.39 Å². The third-order valence-corrected chi connectivity index (χ3v) is 4.60. The van der Waals surface area contributed by atoms with Crippen molar-refractivity contribution in [2.75, 3.05) is 19.7 Å². The molecule has 6 heteroatoms. The molecule has 3 rings (SSSR count). The van der Waals surface area contributed by atoms with E-state index in [1.54, 1.807) is 6.07 Å². The summed E-state index contributed by atoms with van der Waals surface area (Å²) in [4.78, 5) is 2.42. The lowest BCUT2D eigenvalue weighted by molar-refractivity contribution is -0.0653. The Balaban J connectivity index is 1.81. The Morgan fingerprint density at radius 2 is 2.35 bits per heavy atom. The molecular weight excluding hydrogens is 281 g/mol. The van der Waals surface area contributed by atoms with E-state index in [2.05, 4.69) is 10.3 Å². The van der Waals surface area contributed by atoms with E-state index in [9.17, 15) is 4.39 Å². The molecule has 0 spiro atoms. The molecule has 2 aliphatic rings. The van der Waals surface area contributed by atoms with Crippen LogP contribution in [0.1, 0.15) is 24.4 Å².